The van der Waals surface area contributed by atoms with Crippen LogP contribution < -0.4 is 4.90 Å². The maximum atomic E-state index is 14.2. The fourth-order valence-corrected chi connectivity index (χ4v) is 4.97. The number of hydrogen-bond donors (Lipinski definition) is 0. The molecule has 4 rings (SSSR count). The molecule has 29 heavy (non-hydrogen) atoms. The van der Waals surface area contributed by atoms with Crippen LogP contribution in [-0.2, 0) is 9.59 Å². The highest BCUT2D eigenvalue weighted by molar-refractivity contribution is 5.98. The van der Waals surface area contributed by atoms with Gasteiger partial charge in [0.25, 0.3) is 0 Å². The van der Waals surface area contributed by atoms with E-state index in [-0.39, 0.29) is 24.7 Å². The second-order valence-corrected chi connectivity index (χ2v) is 8.60. The fourth-order valence-electron chi connectivity index (χ4n) is 4.97. The molecule has 1 aromatic rings. The van der Waals surface area contributed by atoms with Crippen molar-refractivity contribution in [2.24, 2.45) is 5.41 Å². The van der Waals surface area contributed by atoms with Crippen LogP contribution in [0.3, 0.4) is 0 Å². The number of carbonyl (C=O) groups is 2. The van der Waals surface area contributed by atoms with Gasteiger partial charge < -0.3 is 4.90 Å². The van der Waals surface area contributed by atoms with E-state index in [0.717, 1.165) is 57.9 Å². The van der Waals surface area contributed by atoms with E-state index in [0.29, 0.717) is 19.4 Å². The van der Waals surface area contributed by atoms with E-state index in [1.54, 1.807) is 12.4 Å². The zero-order valence-corrected chi connectivity index (χ0v) is 16.9. The van der Waals surface area contributed by atoms with Crippen LogP contribution in [0.5, 0.6) is 0 Å². The van der Waals surface area contributed by atoms with Crippen molar-refractivity contribution in [3.8, 4) is 0 Å². The number of hydrogen-bond acceptors (Lipinski definition) is 6. The molecule has 1 unspecified atom stereocenters. The topological polar surface area (TPSA) is 69.6 Å². The summed E-state index contributed by atoms with van der Waals surface area (Å²) in [6, 6.07) is 1.82. The number of piperazine rings is 1. The van der Waals surface area contributed by atoms with Crippen LogP contribution in [0.2, 0.25) is 0 Å². The molecule has 2 aliphatic heterocycles. The SMILES string of the molecule is O=C1CC2(CCCC2F)CC(=O)N1CCCCN1CCN(c2ncccn2)CC1. The Morgan fingerprint density at radius 1 is 1.00 bits per heavy atom. The van der Waals surface area contributed by atoms with E-state index in [9.17, 15) is 14.0 Å². The quantitative estimate of drug-likeness (QED) is 0.535. The summed E-state index contributed by atoms with van der Waals surface area (Å²) in [4.78, 5) is 39.6. The Bertz CT molecular complexity index is 705. The summed E-state index contributed by atoms with van der Waals surface area (Å²) in [5, 5.41) is 0. The Labute approximate surface area is 171 Å². The molecule has 7 nitrogen and oxygen atoms in total. The van der Waals surface area contributed by atoms with Crippen molar-refractivity contribution in [1.82, 2.24) is 19.8 Å². The Hall–Kier alpha value is -2.09. The molecular weight excluding hydrogens is 373 g/mol. The van der Waals surface area contributed by atoms with E-state index in [1.807, 2.05) is 6.07 Å². The van der Waals surface area contributed by atoms with Gasteiger partial charge in [0, 0.05) is 63.4 Å². The van der Waals surface area contributed by atoms with E-state index in [2.05, 4.69) is 19.8 Å². The molecule has 158 valence electrons. The number of unbranched alkanes of at least 4 members (excludes halogenated alkanes) is 1. The molecule has 3 heterocycles. The van der Waals surface area contributed by atoms with Gasteiger partial charge >= 0.3 is 0 Å². The van der Waals surface area contributed by atoms with Crippen molar-refractivity contribution in [3.63, 3.8) is 0 Å². The first-order valence-corrected chi connectivity index (χ1v) is 10.8. The third-order valence-electron chi connectivity index (χ3n) is 6.72. The molecule has 0 bridgehead atoms. The number of aromatic nitrogens is 2. The van der Waals surface area contributed by atoms with Crippen LogP contribution >= 0.6 is 0 Å². The number of halogens is 1. The predicted molar refractivity (Wildman–Crippen MR) is 107 cm³/mol. The van der Waals surface area contributed by atoms with Gasteiger partial charge in [0.1, 0.15) is 6.17 Å². The van der Waals surface area contributed by atoms with Gasteiger partial charge in [-0.25, -0.2) is 14.4 Å². The highest BCUT2D eigenvalue weighted by Crippen LogP contribution is 2.48. The van der Waals surface area contributed by atoms with Crippen molar-refractivity contribution in [2.45, 2.75) is 51.1 Å². The lowest BCUT2D eigenvalue weighted by atomic mass is 9.75. The van der Waals surface area contributed by atoms with Gasteiger partial charge in [-0.05, 0) is 44.7 Å². The van der Waals surface area contributed by atoms with Gasteiger partial charge in [0.2, 0.25) is 17.8 Å². The molecule has 8 heteroatoms. The van der Waals surface area contributed by atoms with Gasteiger partial charge in [-0.2, -0.15) is 0 Å². The average molecular weight is 404 g/mol. The Morgan fingerprint density at radius 3 is 2.28 bits per heavy atom. The maximum absolute atomic E-state index is 14.2. The molecule has 1 spiro atoms. The minimum atomic E-state index is -1.00. The first-order valence-electron chi connectivity index (χ1n) is 10.8. The molecule has 1 aliphatic carbocycles. The summed E-state index contributed by atoms with van der Waals surface area (Å²) in [6.45, 7) is 5.14. The largest absolute Gasteiger partial charge is 0.338 e. The monoisotopic (exact) mass is 403 g/mol. The minimum absolute atomic E-state index is 0.178. The van der Waals surface area contributed by atoms with Gasteiger partial charge in [-0.1, -0.05) is 0 Å². The summed E-state index contributed by atoms with van der Waals surface area (Å²) in [5.41, 5.74) is -0.702. The van der Waals surface area contributed by atoms with Crippen LogP contribution in [0.25, 0.3) is 0 Å². The molecule has 3 aliphatic rings. The molecule has 2 saturated heterocycles. The zero-order valence-electron chi connectivity index (χ0n) is 16.9. The molecule has 2 amide bonds. The van der Waals surface area contributed by atoms with Crippen molar-refractivity contribution < 1.29 is 14.0 Å². The number of amides is 2. The molecule has 1 aromatic heterocycles. The Morgan fingerprint density at radius 2 is 1.66 bits per heavy atom. The Kier molecular flexibility index (Phi) is 6.08. The van der Waals surface area contributed by atoms with E-state index in [1.165, 1.54) is 4.90 Å². The summed E-state index contributed by atoms with van der Waals surface area (Å²) in [5.74, 6) is 0.425. The third-order valence-corrected chi connectivity index (χ3v) is 6.72. The molecule has 0 N–H and O–H groups in total. The van der Waals surface area contributed by atoms with Crippen molar-refractivity contribution in [1.29, 1.82) is 0 Å². The summed E-state index contributed by atoms with van der Waals surface area (Å²) in [6.07, 6.45) is 6.60. The first-order chi connectivity index (χ1) is 14.1. The predicted octanol–water partition coefficient (Wildman–Crippen LogP) is 2.04. The van der Waals surface area contributed by atoms with E-state index >= 15 is 0 Å². The molecule has 1 atom stereocenters. The van der Waals surface area contributed by atoms with Gasteiger partial charge in [-0.3, -0.25) is 19.4 Å². The minimum Gasteiger partial charge on any atom is -0.338 e. The summed E-state index contributed by atoms with van der Waals surface area (Å²) in [7, 11) is 0. The zero-order chi connectivity index (χ0) is 20.3. The number of piperidine rings is 1. The lowest BCUT2D eigenvalue weighted by Gasteiger charge is -2.38. The average Bonchev–Trinajstić information content (AvgIpc) is 3.07. The van der Waals surface area contributed by atoms with E-state index < -0.39 is 11.6 Å². The number of alkyl halides is 1. The van der Waals surface area contributed by atoms with Crippen LogP contribution in [0, 0.1) is 5.41 Å². The summed E-state index contributed by atoms with van der Waals surface area (Å²) >= 11 is 0. The highest BCUT2D eigenvalue weighted by Gasteiger charge is 2.51. The number of rotatable bonds is 6. The van der Waals surface area contributed by atoms with Crippen LogP contribution in [-0.4, -0.2) is 77.0 Å². The standard InChI is InChI=1S/C21H30FN5O2/c22-17-5-3-6-21(17)15-18(28)27(19(29)16-21)10-2-1-9-25-11-13-26(14-12-25)20-23-7-4-8-24-20/h4,7-8,17H,1-3,5-6,9-16H2. The van der Waals surface area contributed by atoms with Gasteiger partial charge in [0.15, 0.2) is 0 Å². The number of carbonyl (C=O) groups excluding carboxylic acids is 2. The second-order valence-electron chi connectivity index (χ2n) is 8.60. The van der Waals surface area contributed by atoms with E-state index in [4.69, 9.17) is 0 Å². The smallest absolute Gasteiger partial charge is 0.229 e. The summed E-state index contributed by atoms with van der Waals surface area (Å²) < 4.78 is 14.2. The number of anilines is 1. The number of nitrogens with zero attached hydrogens (tertiary/aromatic N) is 5. The van der Waals surface area contributed by atoms with Crippen molar-refractivity contribution >= 4 is 17.8 Å². The lowest BCUT2D eigenvalue weighted by molar-refractivity contribution is -0.155. The lowest BCUT2D eigenvalue weighted by Crippen LogP contribution is -2.50. The molecule has 0 aromatic carbocycles. The Balaban J connectivity index is 1.17. The second kappa shape index (κ2) is 8.73. The van der Waals surface area contributed by atoms with Crippen LogP contribution in [0.1, 0.15) is 44.9 Å². The van der Waals surface area contributed by atoms with Gasteiger partial charge in [-0.15, -0.1) is 0 Å². The molecule has 0 radical (unpaired) electrons. The third kappa shape index (κ3) is 4.42. The van der Waals surface area contributed by atoms with Crippen LogP contribution in [0.4, 0.5) is 10.3 Å². The fraction of sp³-hybridized carbons (Fsp3) is 0.714. The molecule has 3 fully saturated rings. The van der Waals surface area contributed by atoms with Crippen molar-refractivity contribution in [3.05, 3.63) is 18.5 Å². The van der Waals surface area contributed by atoms with Gasteiger partial charge in [0.05, 0.1) is 0 Å². The van der Waals surface area contributed by atoms with Crippen molar-refractivity contribution in [2.75, 3.05) is 44.2 Å². The first kappa shape index (κ1) is 20.2. The molecular formula is C21H30FN5O2. The highest BCUT2D eigenvalue weighted by atomic mass is 19.1. The normalized spacial score (nSPS) is 25.2. The number of imide groups is 1. The maximum Gasteiger partial charge on any atom is 0.229 e. The van der Waals surface area contributed by atoms with Crippen LogP contribution in [0.15, 0.2) is 18.5 Å². The molecule has 1 saturated carbocycles. The number of likely N-dealkylation sites (tertiary alicyclic amines) is 1.